The molecule has 1 heterocycles. The van der Waals surface area contributed by atoms with Gasteiger partial charge in [0.1, 0.15) is 0 Å². The summed E-state index contributed by atoms with van der Waals surface area (Å²) in [5.74, 6) is -0.0370. The molecule has 98 valence electrons. The molecule has 0 aliphatic heterocycles. The summed E-state index contributed by atoms with van der Waals surface area (Å²) < 4.78 is 2.84. The summed E-state index contributed by atoms with van der Waals surface area (Å²) in [6, 6.07) is 17.8. The Hall–Kier alpha value is -1.88. The van der Waals surface area contributed by atoms with Crippen molar-refractivity contribution in [2.24, 2.45) is 0 Å². The molecule has 3 aromatic rings. The highest BCUT2D eigenvalue weighted by Crippen LogP contribution is 2.19. The van der Waals surface area contributed by atoms with Crippen molar-refractivity contribution in [3.8, 4) is 0 Å². The highest BCUT2D eigenvalue weighted by molar-refractivity contribution is 14.1. The van der Waals surface area contributed by atoms with Gasteiger partial charge in [-0.25, -0.2) is 0 Å². The predicted octanol–water partition coefficient (Wildman–Crippen LogP) is 4.60. The Morgan fingerprint density at radius 3 is 2.65 bits per heavy atom. The van der Waals surface area contributed by atoms with Gasteiger partial charge < -0.3 is 0 Å². The fraction of sp³-hybridized carbons (Fsp3) is 0. The van der Waals surface area contributed by atoms with Crippen molar-refractivity contribution in [1.29, 1.82) is 0 Å². The van der Waals surface area contributed by atoms with Gasteiger partial charge in [-0.05, 0) is 58.5 Å². The van der Waals surface area contributed by atoms with Gasteiger partial charge in [0, 0.05) is 21.2 Å². The van der Waals surface area contributed by atoms with Crippen molar-refractivity contribution in [1.82, 2.24) is 4.57 Å². The van der Waals surface area contributed by atoms with Crippen LogP contribution in [0.15, 0.2) is 66.9 Å². The first-order chi connectivity index (χ1) is 9.74. The summed E-state index contributed by atoms with van der Waals surface area (Å²) in [7, 11) is 0. The molecule has 0 amide bonds. The molecular weight excluding hydrogens is 361 g/mol. The van der Waals surface area contributed by atoms with Gasteiger partial charge in [0.15, 0.2) is 0 Å². The van der Waals surface area contributed by atoms with Gasteiger partial charge in [-0.1, -0.05) is 30.3 Å². The number of carbonyl (C=O) groups excluding carboxylic acids is 1. The molecule has 0 bridgehead atoms. The number of allylic oxidation sites excluding steroid dienone is 1. The summed E-state index contributed by atoms with van der Waals surface area (Å²) in [4.78, 5) is 12.3. The molecule has 0 saturated heterocycles. The van der Waals surface area contributed by atoms with E-state index in [1.807, 2.05) is 60.8 Å². The first kappa shape index (κ1) is 13.1. The Bertz CT molecular complexity index is 787. The highest BCUT2D eigenvalue weighted by Gasteiger charge is 2.06. The van der Waals surface area contributed by atoms with Crippen molar-refractivity contribution in [2.75, 3.05) is 0 Å². The summed E-state index contributed by atoms with van der Waals surface area (Å²) >= 11 is 2.27. The first-order valence-electron chi connectivity index (χ1n) is 6.28. The second-order valence-electron chi connectivity index (χ2n) is 4.47. The van der Waals surface area contributed by atoms with Gasteiger partial charge in [-0.2, -0.15) is 0 Å². The van der Waals surface area contributed by atoms with E-state index in [1.54, 1.807) is 10.6 Å². The van der Waals surface area contributed by atoms with E-state index in [2.05, 4.69) is 28.7 Å². The minimum absolute atomic E-state index is 0.0370. The smallest absolute Gasteiger partial charge is 0.255 e. The monoisotopic (exact) mass is 373 g/mol. The quantitative estimate of drug-likeness (QED) is 0.475. The zero-order chi connectivity index (χ0) is 13.9. The average molecular weight is 373 g/mol. The van der Waals surface area contributed by atoms with Gasteiger partial charge in [-0.3, -0.25) is 9.36 Å². The fourth-order valence-electron chi connectivity index (χ4n) is 2.12. The van der Waals surface area contributed by atoms with Crippen LogP contribution in [0.4, 0.5) is 0 Å². The molecule has 0 aliphatic rings. The first-order valence-corrected chi connectivity index (χ1v) is 7.36. The summed E-state index contributed by atoms with van der Waals surface area (Å²) in [6.07, 6.45) is 5.26. The van der Waals surface area contributed by atoms with Crippen LogP contribution < -0.4 is 0 Å². The maximum Gasteiger partial charge on any atom is 0.255 e. The van der Waals surface area contributed by atoms with E-state index in [1.165, 1.54) is 3.57 Å². The molecule has 0 saturated carbocycles. The Labute approximate surface area is 130 Å². The molecule has 0 unspecified atom stereocenters. The summed E-state index contributed by atoms with van der Waals surface area (Å²) in [6.45, 7) is 0. The van der Waals surface area contributed by atoms with Gasteiger partial charge in [0.05, 0.1) is 5.52 Å². The van der Waals surface area contributed by atoms with Crippen molar-refractivity contribution >= 4 is 45.5 Å². The molecule has 20 heavy (non-hydrogen) atoms. The molecule has 0 N–H and O–H groups in total. The molecule has 0 fully saturated rings. The Morgan fingerprint density at radius 2 is 1.85 bits per heavy atom. The van der Waals surface area contributed by atoms with E-state index in [4.69, 9.17) is 0 Å². The van der Waals surface area contributed by atoms with Crippen LogP contribution in [0.5, 0.6) is 0 Å². The number of hydrogen-bond acceptors (Lipinski definition) is 1. The molecule has 1 aromatic heterocycles. The summed E-state index contributed by atoms with van der Waals surface area (Å²) in [5, 5.41) is 1.08. The number of fused-ring (bicyclic) bond motifs is 1. The van der Waals surface area contributed by atoms with Crippen LogP contribution in [-0.4, -0.2) is 10.5 Å². The van der Waals surface area contributed by atoms with E-state index in [0.717, 1.165) is 16.5 Å². The van der Waals surface area contributed by atoms with Gasteiger partial charge in [0.25, 0.3) is 5.91 Å². The SMILES string of the molecule is O=C(/C=C/c1ccccc1)n1ccc2cc(I)ccc21. The third-order valence-electron chi connectivity index (χ3n) is 3.11. The predicted molar refractivity (Wildman–Crippen MR) is 90.8 cm³/mol. The lowest BCUT2D eigenvalue weighted by atomic mass is 10.2. The van der Waals surface area contributed by atoms with E-state index in [-0.39, 0.29) is 5.91 Å². The molecule has 0 radical (unpaired) electrons. The maximum absolute atomic E-state index is 12.3. The topological polar surface area (TPSA) is 22.0 Å². The fourth-order valence-corrected chi connectivity index (χ4v) is 2.63. The third kappa shape index (κ3) is 2.67. The van der Waals surface area contributed by atoms with Crippen molar-refractivity contribution in [3.05, 3.63) is 76.0 Å². The number of rotatable bonds is 2. The minimum Gasteiger partial charge on any atom is -0.284 e. The van der Waals surface area contributed by atoms with Crippen LogP contribution in [0.2, 0.25) is 0 Å². The molecule has 2 aromatic carbocycles. The minimum atomic E-state index is -0.0370. The number of aromatic nitrogens is 1. The normalized spacial score (nSPS) is 11.2. The van der Waals surface area contributed by atoms with E-state index in [0.29, 0.717) is 0 Å². The molecule has 3 heteroatoms. The van der Waals surface area contributed by atoms with E-state index in [9.17, 15) is 4.79 Å². The number of hydrogen-bond donors (Lipinski definition) is 0. The lowest BCUT2D eigenvalue weighted by Crippen LogP contribution is -2.04. The Kier molecular flexibility index (Phi) is 3.69. The highest BCUT2D eigenvalue weighted by atomic mass is 127. The summed E-state index contributed by atoms with van der Waals surface area (Å²) in [5.41, 5.74) is 1.96. The van der Waals surface area contributed by atoms with Crippen LogP contribution >= 0.6 is 22.6 Å². The number of benzene rings is 2. The molecular formula is C17H12INO. The van der Waals surface area contributed by atoms with Gasteiger partial charge in [0.2, 0.25) is 0 Å². The van der Waals surface area contributed by atoms with Crippen LogP contribution in [0, 0.1) is 3.57 Å². The van der Waals surface area contributed by atoms with Crippen molar-refractivity contribution < 1.29 is 4.79 Å². The second kappa shape index (κ2) is 5.63. The van der Waals surface area contributed by atoms with Crippen LogP contribution in [0.3, 0.4) is 0 Å². The van der Waals surface area contributed by atoms with Crippen molar-refractivity contribution in [3.63, 3.8) is 0 Å². The zero-order valence-corrected chi connectivity index (χ0v) is 12.8. The number of carbonyl (C=O) groups is 1. The molecule has 0 aliphatic carbocycles. The average Bonchev–Trinajstić information content (AvgIpc) is 2.89. The molecule has 0 spiro atoms. The van der Waals surface area contributed by atoms with E-state index >= 15 is 0 Å². The van der Waals surface area contributed by atoms with Crippen molar-refractivity contribution in [2.45, 2.75) is 0 Å². The van der Waals surface area contributed by atoms with Gasteiger partial charge >= 0.3 is 0 Å². The van der Waals surface area contributed by atoms with Gasteiger partial charge in [-0.15, -0.1) is 0 Å². The lowest BCUT2D eigenvalue weighted by Gasteiger charge is -2.00. The lowest BCUT2D eigenvalue weighted by molar-refractivity contribution is 0.0975. The van der Waals surface area contributed by atoms with E-state index < -0.39 is 0 Å². The number of halogens is 1. The second-order valence-corrected chi connectivity index (χ2v) is 5.72. The number of nitrogens with zero attached hydrogens (tertiary/aromatic N) is 1. The molecule has 3 rings (SSSR count). The Morgan fingerprint density at radius 1 is 1.05 bits per heavy atom. The standard InChI is InChI=1S/C17H12INO/c18-15-7-8-16-14(12-15)10-11-19(16)17(20)9-6-13-4-2-1-3-5-13/h1-12H/b9-6+. The van der Waals surface area contributed by atoms with Crippen LogP contribution in [0.1, 0.15) is 10.4 Å². The largest absolute Gasteiger partial charge is 0.284 e. The zero-order valence-electron chi connectivity index (χ0n) is 10.7. The van der Waals surface area contributed by atoms with Crippen LogP contribution in [0.25, 0.3) is 17.0 Å². The molecule has 2 nitrogen and oxygen atoms in total. The molecule has 0 atom stereocenters. The maximum atomic E-state index is 12.3. The Balaban J connectivity index is 1.91. The van der Waals surface area contributed by atoms with Crippen LogP contribution in [-0.2, 0) is 0 Å². The third-order valence-corrected chi connectivity index (χ3v) is 3.78.